The van der Waals surface area contributed by atoms with Crippen LogP contribution in [-0.4, -0.2) is 106 Å². The molecule has 2 atom stereocenters. The Morgan fingerprint density at radius 3 is 1.42 bits per heavy atom. The maximum absolute atomic E-state index is 14.0. The molecule has 0 saturated heterocycles. The molecule has 4 aromatic carbocycles. The molecule has 0 aliphatic heterocycles. The van der Waals surface area contributed by atoms with Crippen LogP contribution in [0.2, 0.25) is 23.7 Å². The average Bonchev–Trinajstić information content (AvgIpc) is 3.10. The third-order valence-corrected chi connectivity index (χ3v) is 8.33. The summed E-state index contributed by atoms with van der Waals surface area (Å²) in [5.74, 6) is -2.77. The molecule has 0 bridgehead atoms. The third kappa shape index (κ3) is 14.5. The number of carbonyl (C=O) groups excluding carboxylic acids is 1. The molecule has 4 aromatic rings. The minimum Gasteiger partial charge on any atom is -0.479 e. The van der Waals surface area contributed by atoms with Crippen LogP contribution in [0, 0.1) is 11.6 Å². The Morgan fingerprint density at radius 1 is 0.698 bits per heavy atom. The van der Waals surface area contributed by atoms with E-state index in [4.69, 9.17) is 28.3 Å². The van der Waals surface area contributed by atoms with Crippen molar-refractivity contribution in [2.75, 3.05) is 33.1 Å². The Balaban J connectivity index is 0.000000286. The number of halogens is 4. The number of methoxy groups -OCH3 is 1. The van der Waals surface area contributed by atoms with E-state index in [2.05, 4.69) is 4.74 Å². The molecule has 0 aromatic heterocycles. The SMILES string of the molecule is CB(O)CN(Cc1ccc(-c2cc(Cl)ccc2F)cc1)C[C@@H](O)C(=O)O.COC(=O)[C@H](O)CN(CB(C)O)Cc1ccc(-c2cc(Cl)ccc2F)cc1. The number of ether oxygens (including phenoxy) is 1. The highest BCUT2D eigenvalue weighted by atomic mass is 35.5. The molecule has 0 fully saturated rings. The second kappa shape index (κ2) is 21.1. The van der Waals surface area contributed by atoms with Gasteiger partial charge in [0.25, 0.3) is 13.8 Å². The number of aliphatic hydroxyl groups excluding tert-OH is 2. The lowest BCUT2D eigenvalue weighted by atomic mass is 9.71. The molecule has 282 valence electrons. The van der Waals surface area contributed by atoms with Crippen molar-refractivity contribution >= 4 is 49.0 Å². The molecule has 10 nitrogen and oxygen atoms in total. The van der Waals surface area contributed by atoms with Crippen molar-refractivity contribution in [1.82, 2.24) is 9.80 Å². The number of hydrogen-bond donors (Lipinski definition) is 5. The maximum Gasteiger partial charge on any atom is 0.336 e. The van der Waals surface area contributed by atoms with Crippen LogP contribution in [0.15, 0.2) is 84.9 Å². The average molecular weight is 773 g/mol. The van der Waals surface area contributed by atoms with Crippen LogP contribution < -0.4 is 0 Å². The van der Waals surface area contributed by atoms with Gasteiger partial charge in [-0.1, -0.05) is 85.4 Å². The minimum absolute atomic E-state index is 0.0300. The lowest BCUT2D eigenvalue weighted by Crippen LogP contribution is -2.41. The highest BCUT2D eigenvalue weighted by Crippen LogP contribution is 2.28. The third-order valence-electron chi connectivity index (χ3n) is 7.86. The molecule has 0 saturated carbocycles. The van der Waals surface area contributed by atoms with Crippen LogP contribution in [-0.2, 0) is 27.4 Å². The molecular weight excluding hydrogens is 731 g/mol. The van der Waals surface area contributed by atoms with Crippen LogP contribution >= 0.6 is 23.2 Å². The summed E-state index contributed by atoms with van der Waals surface area (Å²) in [6, 6.07) is 23.0. The van der Waals surface area contributed by atoms with Gasteiger partial charge < -0.3 is 39.9 Å². The van der Waals surface area contributed by atoms with Crippen molar-refractivity contribution < 1.29 is 48.5 Å². The number of aliphatic carboxylic acids is 1. The zero-order valence-electron chi connectivity index (χ0n) is 29.5. The monoisotopic (exact) mass is 772 g/mol. The van der Waals surface area contributed by atoms with Crippen LogP contribution in [0.25, 0.3) is 22.3 Å². The fraction of sp³-hybridized carbons (Fsp3) is 0.297. The van der Waals surface area contributed by atoms with E-state index >= 15 is 0 Å². The molecule has 0 spiro atoms. The van der Waals surface area contributed by atoms with Gasteiger partial charge in [0.2, 0.25) is 0 Å². The van der Waals surface area contributed by atoms with Crippen molar-refractivity contribution in [2.45, 2.75) is 38.9 Å². The second-order valence-corrected chi connectivity index (χ2v) is 13.5. The first-order valence-electron chi connectivity index (χ1n) is 16.6. The van der Waals surface area contributed by atoms with Gasteiger partial charge in [0, 0.05) is 60.2 Å². The fourth-order valence-electron chi connectivity index (χ4n) is 5.47. The van der Waals surface area contributed by atoms with Gasteiger partial charge in [-0.3, -0.25) is 0 Å². The number of carbonyl (C=O) groups is 2. The summed E-state index contributed by atoms with van der Waals surface area (Å²) < 4.78 is 32.5. The van der Waals surface area contributed by atoms with Crippen molar-refractivity contribution in [2.24, 2.45) is 0 Å². The number of nitrogens with zero attached hydrogens (tertiary/aromatic N) is 2. The molecule has 5 N–H and O–H groups in total. The number of benzene rings is 4. The number of carboxylic acid groups (broad SMARTS) is 1. The van der Waals surface area contributed by atoms with Gasteiger partial charge in [-0.15, -0.1) is 0 Å². The van der Waals surface area contributed by atoms with Crippen molar-refractivity contribution in [3.8, 4) is 22.3 Å². The topological polar surface area (TPSA) is 151 Å². The molecule has 4 rings (SSSR count). The van der Waals surface area contributed by atoms with Gasteiger partial charge in [0.05, 0.1) is 7.11 Å². The number of esters is 1. The summed E-state index contributed by atoms with van der Waals surface area (Å²) in [5.41, 5.74) is 3.90. The van der Waals surface area contributed by atoms with E-state index in [-0.39, 0.29) is 37.6 Å². The Labute approximate surface area is 318 Å². The molecule has 53 heavy (non-hydrogen) atoms. The lowest BCUT2D eigenvalue weighted by molar-refractivity contribution is -0.151. The fourth-order valence-corrected chi connectivity index (χ4v) is 5.81. The van der Waals surface area contributed by atoms with E-state index in [1.807, 2.05) is 12.1 Å². The quantitative estimate of drug-likeness (QED) is 0.0762. The summed E-state index contributed by atoms with van der Waals surface area (Å²) >= 11 is 11.9. The normalized spacial score (nSPS) is 12.2. The summed E-state index contributed by atoms with van der Waals surface area (Å²) in [6.45, 7) is 2.58. The van der Waals surface area contributed by atoms with Gasteiger partial charge >= 0.3 is 11.9 Å². The van der Waals surface area contributed by atoms with Crippen molar-refractivity contribution in [3.63, 3.8) is 0 Å². The molecule has 0 aliphatic rings. The van der Waals surface area contributed by atoms with E-state index < -0.39 is 38.0 Å². The highest BCUT2D eigenvalue weighted by molar-refractivity contribution is 6.49. The molecule has 0 aliphatic carbocycles. The summed E-state index contributed by atoms with van der Waals surface area (Å²) in [7, 11) is 1.21. The van der Waals surface area contributed by atoms with E-state index in [0.29, 0.717) is 45.4 Å². The number of carboxylic acids is 1. The van der Waals surface area contributed by atoms with Gasteiger partial charge in [-0.2, -0.15) is 0 Å². The smallest absolute Gasteiger partial charge is 0.336 e. The summed E-state index contributed by atoms with van der Waals surface area (Å²) in [6.07, 6.45) is -2.34. The summed E-state index contributed by atoms with van der Waals surface area (Å²) in [4.78, 5) is 25.7. The van der Waals surface area contributed by atoms with Crippen LogP contribution in [0.1, 0.15) is 11.1 Å². The van der Waals surface area contributed by atoms with Gasteiger partial charge in [-0.25, -0.2) is 18.4 Å². The Kier molecular flexibility index (Phi) is 17.4. The van der Waals surface area contributed by atoms with Crippen LogP contribution in [0.5, 0.6) is 0 Å². The second-order valence-electron chi connectivity index (χ2n) is 12.6. The zero-order valence-corrected chi connectivity index (χ0v) is 31.0. The first kappa shape index (κ1) is 43.6. The molecule has 0 heterocycles. The van der Waals surface area contributed by atoms with E-state index in [9.17, 15) is 38.6 Å². The van der Waals surface area contributed by atoms with Gasteiger partial charge in [0.1, 0.15) is 11.6 Å². The lowest BCUT2D eigenvalue weighted by Gasteiger charge is -2.24. The van der Waals surface area contributed by atoms with Crippen molar-refractivity contribution in [3.05, 3.63) is 118 Å². The van der Waals surface area contributed by atoms with E-state index in [0.717, 1.165) is 11.1 Å². The Morgan fingerprint density at radius 2 is 1.08 bits per heavy atom. The molecule has 0 radical (unpaired) electrons. The predicted octanol–water partition coefficient (Wildman–Crippen LogP) is 5.18. The molecule has 0 amide bonds. The van der Waals surface area contributed by atoms with Gasteiger partial charge in [0.15, 0.2) is 12.2 Å². The Hall–Kier alpha value is -3.85. The Bertz CT molecular complexity index is 1790. The number of rotatable bonds is 16. The minimum atomic E-state index is -1.53. The summed E-state index contributed by atoms with van der Waals surface area (Å²) in [5, 5.41) is 48.4. The van der Waals surface area contributed by atoms with Crippen LogP contribution in [0.3, 0.4) is 0 Å². The largest absolute Gasteiger partial charge is 0.479 e. The molecule has 0 unspecified atom stereocenters. The van der Waals surface area contributed by atoms with Crippen LogP contribution in [0.4, 0.5) is 8.78 Å². The van der Waals surface area contributed by atoms with E-state index in [1.165, 1.54) is 31.4 Å². The maximum atomic E-state index is 14.0. The number of aliphatic hydroxyl groups is 2. The molecular formula is C37H42B2Cl2F2N2O8. The predicted molar refractivity (Wildman–Crippen MR) is 204 cm³/mol. The highest BCUT2D eigenvalue weighted by Gasteiger charge is 2.23. The first-order valence-corrected chi connectivity index (χ1v) is 17.4. The standard InChI is InChI=1S/C19H22BClFNO4.C18H20BClFNO4/c1-20(26)12-23(11-18(24)19(25)27-2)10-13-3-5-14(6-4-13)16-9-15(21)7-8-17(16)22;1-19(26)11-22(10-17(23)18(24)25)9-12-2-4-13(5-3-12)15-8-14(20)6-7-16(15)21/h3-9,18,24,26H,10-12H2,1-2H3;2-8,17,23,26H,9-11H2,1H3,(H,24,25)/t18-;17-/m11/s1. The molecule has 16 heteroatoms. The van der Waals surface area contributed by atoms with Gasteiger partial charge in [-0.05, 0) is 58.7 Å². The first-order chi connectivity index (χ1) is 25.1. The number of hydrogen-bond acceptors (Lipinski definition) is 9. The zero-order chi connectivity index (χ0) is 39.2. The van der Waals surface area contributed by atoms with Crippen molar-refractivity contribution in [1.29, 1.82) is 0 Å². The van der Waals surface area contributed by atoms with E-state index in [1.54, 1.807) is 72.0 Å².